The van der Waals surface area contributed by atoms with Crippen LogP contribution < -0.4 is 4.90 Å². The lowest BCUT2D eigenvalue weighted by molar-refractivity contribution is 0.0583. The Bertz CT molecular complexity index is 1320. The fraction of sp³-hybridized carbons (Fsp3) is 0.273. The molecule has 32 heavy (non-hydrogen) atoms. The molecule has 0 N–H and O–H groups in total. The van der Waals surface area contributed by atoms with Gasteiger partial charge in [0.25, 0.3) is 11.9 Å². The predicted octanol–water partition coefficient (Wildman–Crippen LogP) is 4.07. The van der Waals surface area contributed by atoms with Crippen molar-refractivity contribution in [1.29, 1.82) is 0 Å². The molecule has 2 aliphatic rings. The maximum Gasteiger partial charge on any atom is 0.298 e. The molecule has 2 fully saturated rings. The molecule has 6 rings (SSSR count). The third kappa shape index (κ3) is 3.22. The molecule has 4 aromatic rings. The molecule has 0 saturated carbocycles. The Kier molecular flexibility index (Phi) is 4.58. The van der Waals surface area contributed by atoms with E-state index in [1.54, 1.807) is 42.7 Å². The van der Waals surface area contributed by atoms with Gasteiger partial charge in [0.15, 0.2) is 5.58 Å². The summed E-state index contributed by atoms with van der Waals surface area (Å²) in [5, 5.41) is 9.47. The molecule has 162 valence electrons. The molecular weight excluding hydrogens is 451 g/mol. The lowest BCUT2D eigenvalue weighted by Crippen LogP contribution is -2.65. The summed E-state index contributed by atoms with van der Waals surface area (Å²) in [5.74, 6) is 0.415. The number of aromatic nitrogens is 4. The van der Waals surface area contributed by atoms with E-state index in [1.165, 1.54) is 4.80 Å². The molecular formula is C22H18Cl2N6O2. The van der Waals surface area contributed by atoms with Crippen LogP contribution in [0.3, 0.4) is 0 Å². The van der Waals surface area contributed by atoms with E-state index in [-0.39, 0.29) is 11.9 Å². The average molecular weight is 469 g/mol. The minimum absolute atomic E-state index is 0.0885. The highest BCUT2D eigenvalue weighted by molar-refractivity contribution is 6.31. The van der Waals surface area contributed by atoms with Gasteiger partial charge in [-0.05, 0) is 42.8 Å². The van der Waals surface area contributed by atoms with Crippen LogP contribution in [0.25, 0.3) is 16.8 Å². The van der Waals surface area contributed by atoms with Gasteiger partial charge >= 0.3 is 0 Å². The number of nitrogens with zero attached hydrogens (tertiary/aromatic N) is 6. The second kappa shape index (κ2) is 7.50. The number of benzene rings is 2. The second-order valence-corrected chi connectivity index (χ2v) is 8.98. The van der Waals surface area contributed by atoms with Crippen LogP contribution in [0.15, 0.2) is 53.2 Å². The first-order chi connectivity index (χ1) is 15.6. The molecule has 0 aliphatic carbocycles. The van der Waals surface area contributed by atoms with Crippen molar-refractivity contribution in [1.82, 2.24) is 24.9 Å². The maximum absolute atomic E-state index is 13.5. The standard InChI is InChI=1S/C22H18Cl2N6O2/c23-14-1-3-18(30-25-6-7-26-30)16(9-14)21(31)28-8-5-13-11-29(19(13)12-28)22-27-17-10-15(24)2-4-20(17)32-22/h1-4,6-7,9-10,13,19H,5,8,11-12H2/t13-,19-/m1/s1. The lowest BCUT2D eigenvalue weighted by Gasteiger charge is -2.52. The van der Waals surface area contributed by atoms with Crippen molar-refractivity contribution in [3.8, 4) is 5.69 Å². The number of piperidine rings is 1. The van der Waals surface area contributed by atoms with Gasteiger partial charge in [0, 0.05) is 35.6 Å². The number of hydrogen-bond donors (Lipinski definition) is 0. The van der Waals surface area contributed by atoms with Gasteiger partial charge in [0.05, 0.1) is 29.7 Å². The lowest BCUT2D eigenvalue weighted by atomic mass is 9.82. The number of amides is 1. The highest BCUT2D eigenvalue weighted by atomic mass is 35.5. The third-order valence-electron chi connectivity index (χ3n) is 6.25. The molecule has 2 aromatic carbocycles. The Hall–Kier alpha value is -3.10. The van der Waals surface area contributed by atoms with Crippen LogP contribution in [0, 0.1) is 5.92 Å². The van der Waals surface area contributed by atoms with Gasteiger partial charge in [-0.3, -0.25) is 4.79 Å². The number of fused-ring (bicyclic) bond motifs is 2. The van der Waals surface area contributed by atoms with Gasteiger partial charge < -0.3 is 14.2 Å². The summed E-state index contributed by atoms with van der Waals surface area (Å²) in [6.45, 7) is 2.14. The summed E-state index contributed by atoms with van der Waals surface area (Å²) in [7, 11) is 0. The molecule has 0 spiro atoms. The first kappa shape index (κ1) is 19.6. The Labute approximate surface area is 193 Å². The zero-order valence-corrected chi connectivity index (χ0v) is 18.4. The second-order valence-electron chi connectivity index (χ2n) is 8.11. The normalized spacial score (nSPS) is 20.3. The van der Waals surface area contributed by atoms with E-state index in [2.05, 4.69) is 20.1 Å². The van der Waals surface area contributed by atoms with E-state index in [1.807, 2.05) is 11.0 Å². The molecule has 8 nitrogen and oxygen atoms in total. The van der Waals surface area contributed by atoms with Crippen molar-refractivity contribution in [2.75, 3.05) is 24.5 Å². The van der Waals surface area contributed by atoms with E-state index in [0.29, 0.717) is 51.9 Å². The molecule has 0 radical (unpaired) electrons. The van der Waals surface area contributed by atoms with Crippen LogP contribution in [-0.2, 0) is 0 Å². The zero-order chi connectivity index (χ0) is 21.8. The number of oxazole rings is 1. The van der Waals surface area contributed by atoms with E-state index in [0.717, 1.165) is 18.5 Å². The van der Waals surface area contributed by atoms with Gasteiger partial charge in [0.2, 0.25) is 0 Å². The number of likely N-dealkylation sites (tertiary alicyclic amines) is 1. The minimum atomic E-state index is -0.0885. The maximum atomic E-state index is 13.5. The quantitative estimate of drug-likeness (QED) is 0.450. The first-order valence-corrected chi connectivity index (χ1v) is 11.1. The zero-order valence-electron chi connectivity index (χ0n) is 16.9. The molecule has 2 saturated heterocycles. The summed E-state index contributed by atoms with van der Waals surface area (Å²) in [6, 6.07) is 11.3. The third-order valence-corrected chi connectivity index (χ3v) is 6.72. The van der Waals surface area contributed by atoms with E-state index < -0.39 is 0 Å². The monoisotopic (exact) mass is 468 g/mol. The van der Waals surface area contributed by atoms with Crippen molar-refractivity contribution < 1.29 is 9.21 Å². The van der Waals surface area contributed by atoms with Crippen molar-refractivity contribution in [3.63, 3.8) is 0 Å². The van der Waals surface area contributed by atoms with Gasteiger partial charge in [-0.2, -0.15) is 20.0 Å². The van der Waals surface area contributed by atoms with Crippen molar-refractivity contribution in [3.05, 3.63) is 64.4 Å². The summed E-state index contributed by atoms with van der Waals surface area (Å²) in [4.78, 5) is 23.5. The van der Waals surface area contributed by atoms with Crippen LogP contribution in [0.1, 0.15) is 16.8 Å². The summed E-state index contributed by atoms with van der Waals surface area (Å²) < 4.78 is 5.96. The molecule has 4 heterocycles. The number of carbonyl (C=O) groups excluding carboxylic acids is 1. The molecule has 0 bridgehead atoms. The van der Waals surface area contributed by atoms with Crippen LogP contribution >= 0.6 is 23.2 Å². The average Bonchev–Trinajstić information content (AvgIpc) is 3.44. The van der Waals surface area contributed by atoms with Gasteiger partial charge in [0.1, 0.15) is 5.52 Å². The van der Waals surface area contributed by atoms with E-state index >= 15 is 0 Å². The first-order valence-electron chi connectivity index (χ1n) is 10.3. The van der Waals surface area contributed by atoms with Gasteiger partial charge in [-0.1, -0.05) is 23.2 Å². The molecule has 2 aromatic heterocycles. The molecule has 10 heteroatoms. The number of anilines is 1. The van der Waals surface area contributed by atoms with Crippen molar-refractivity contribution >= 4 is 46.2 Å². The van der Waals surface area contributed by atoms with Crippen molar-refractivity contribution in [2.45, 2.75) is 12.5 Å². The smallest absolute Gasteiger partial charge is 0.298 e. The topological polar surface area (TPSA) is 80.3 Å². The summed E-state index contributed by atoms with van der Waals surface area (Å²) in [6.07, 6.45) is 4.08. The van der Waals surface area contributed by atoms with E-state index in [4.69, 9.17) is 27.6 Å². The molecule has 1 amide bonds. The Balaban J connectivity index is 1.26. The number of halogens is 2. The van der Waals surface area contributed by atoms with Crippen LogP contribution in [-0.4, -0.2) is 56.5 Å². The molecule has 2 atom stereocenters. The fourth-order valence-electron chi connectivity index (χ4n) is 4.58. The Morgan fingerprint density at radius 3 is 2.66 bits per heavy atom. The predicted molar refractivity (Wildman–Crippen MR) is 121 cm³/mol. The van der Waals surface area contributed by atoms with Crippen LogP contribution in [0.4, 0.5) is 6.01 Å². The number of carbonyl (C=O) groups is 1. The summed E-state index contributed by atoms with van der Waals surface area (Å²) >= 11 is 12.3. The summed E-state index contributed by atoms with van der Waals surface area (Å²) in [5.41, 5.74) is 2.52. The Morgan fingerprint density at radius 1 is 1.03 bits per heavy atom. The van der Waals surface area contributed by atoms with Crippen LogP contribution in [0.2, 0.25) is 10.0 Å². The van der Waals surface area contributed by atoms with Crippen LogP contribution in [0.5, 0.6) is 0 Å². The number of rotatable bonds is 3. The SMILES string of the molecule is O=C(c1cc(Cl)ccc1-n1nccn1)N1CC[C@@H]2CN(c3nc4cc(Cl)ccc4o3)[C@@H]2C1. The fourth-order valence-corrected chi connectivity index (χ4v) is 4.91. The van der Waals surface area contributed by atoms with Gasteiger partial charge in [-0.15, -0.1) is 0 Å². The molecule has 0 unspecified atom stereocenters. The highest BCUT2D eigenvalue weighted by Gasteiger charge is 2.45. The Morgan fingerprint density at radius 2 is 1.81 bits per heavy atom. The minimum Gasteiger partial charge on any atom is -0.423 e. The highest BCUT2D eigenvalue weighted by Crippen LogP contribution is 2.38. The molecule has 2 aliphatic heterocycles. The number of hydrogen-bond acceptors (Lipinski definition) is 6. The largest absolute Gasteiger partial charge is 0.423 e. The van der Waals surface area contributed by atoms with E-state index in [9.17, 15) is 4.79 Å². The van der Waals surface area contributed by atoms with Gasteiger partial charge in [-0.25, -0.2) is 0 Å². The van der Waals surface area contributed by atoms with Crippen molar-refractivity contribution in [2.24, 2.45) is 5.92 Å².